The first-order chi connectivity index (χ1) is 15.5. The Hall–Kier alpha value is -3.48. The zero-order chi connectivity index (χ0) is 22.4. The van der Waals surface area contributed by atoms with Gasteiger partial charge in [-0.2, -0.15) is 0 Å². The van der Waals surface area contributed by atoms with Crippen molar-refractivity contribution in [1.82, 2.24) is 0 Å². The monoisotopic (exact) mass is 433 g/mol. The Morgan fingerprint density at radius 2 is 1.59 bits per heavy atom. The van der Waals surface area contributed by atoms with Crippen LogP contribution in [0.4, 0.5) is 5.69 Å². The molecule has 5 rings (SSSR count). The number of carbonyl (C=O) groups excluding carboxylic acids is 4. The van der Waals surface area contributed by atoms with Gasteiger partial charge >= 0.3 is 5.97 Å². The van der Waals surface area contributed by atoms with E-state index in [2.05, 4.69) is 0 Å². The molecule has 7 nitrogen and oxygen atoms in total. The maximum Gasteiger partial charge on any atom is 0.338 e. The summed E-state index contributed by atoms with van der Waals surface area (Å²) in [6.07, 6.45) is 2.98. The fraction of sp³-hybridized carbons (Fsp3) is 0.360. The third-order valence-corrected chi connectivity index (χ3v) is 7.01. The van der Waals surface area contributed by atoms with Crippen LogP contribution < -0.4 is 9.64 Å². The lowest BCUT2D eigenvalue weighted by molar-refractivity contribution is -0.123. The summed E-state index contributed by atoms with van der Waals surface area (Å²) in [7, 11) is 1.53. The molecule has 0 unspecified atom stereocenters. The molecule has 0 N–H and O–H groups in total. The molecule has 7 heteroatoms. The topological polar surface area (TPSA) is 90.0 Å². The number of ether oxygens (including phenoxy) is 2. The number of anilines is 1. The number of hydrogen-bond donors (Lipinski definition) is 0. The lowest BCUT2D eigenvalue weighted by atomic mass is 9.81. The number of fused-ring (bicyclic) bond motifs is 5. The molecule has 0 radical (unpaired) electrons. The Morgan fingerprint density at radius 1 is 0.938 bits per heavy atom. The molecule has 2 aromatic carbocycles. The van der Waals surface area contributed by atoms with Crippen molar-refractivity contribution in [2.24, 2.45) is 23.7 Å². The number of carbonyl (C=O) groups is 4. The molecule has 0 spiro atoms. The lowest BCUT2D eigenvalue weighted by Crippen LogP contribution is -2.32. The number of benzene rings is 2. The average molecular weight is 433 g/mol. The predicted octanol–water partition coefficient (Wildman–Crippen LogP) is 3.27. The van der Waals surface area contributed by atoms with Crippen LogP contribution in [0.5, 0.6) is 5.75 Å². The summed E-state index contributed by atoms with van der Waals surface area (Å²) in [6, 6.07) is 12.8. The molecule has 3 fully saturated rings. The van der Waals surface area contributed by atoms with E-state index in [1.807, 2.05) is 0 Å². The summed E-state index contributed by atoms with van der Waals surface area (Å²) in [5.74, 6) is -0.582. The highest BCUT2D eigenvalue weighted by Crippen LogP contribution is 2.56. The second kappa shape index (κ2) is 7.89. The highest BCUT2D eigenvalue weighted by Gasteiger charge is 2.61. The van der Waals surface area contributed by atoms with Crippen LogP contribution in [0.3, 0.4) is 0 Å². The van der Waals surface area contributed by atoms with E-state index in [0.29, 0.717) is 28.8 Å². The number of rotatable bonds is 6. The first-order valence-corrected chi connectivity index (χ1v) is 10.8. The second-order valence-electron chi connectivity index (χ2n) is 8.67. The van der Waals surface area contributed by atoms with Gasteiger partial charge in [-0.25, -0.2) is 4.79 Å². The molecular formula is C25H23NO6. The molecule has 2 bridgehead atoms. The van der Waals surface area contributed by atoms with E-state index in [0.717, 1.165) is 19.3 Å². The molecule has 2 amide bonds. The van der Waals surface area contributed by atoms with Crippen LogP contribution in [0, 0.1) is 23.7 Å². The highest BCUT2D eigenvalue weighted by molar-refractivity contribution is 6.22. The van der Waals surface area contributed by atoms with Gasteiger partial charge in [-0.15, -0.1) is 0 Å². The number of imide groups is 1. The summed E-state index contributed by atoms with van der Waals surface area (Å²) in [6.45, 7) is -0.412. The fourth-order valence-electron chi connectivity index (χ4n) is 5.51. The van der Waals surface area contributed by atoms with Gasteiger partial charge in [0.25, 0.3) is 0 Å². The van der Waals surface area contributed by atoms with Gasteiger partial charge in [0.05, 0.1) is 30.2 Å². The molecule has 2 aliphatic carbocycles. The quantitative estimate of drug-likeness (QED) is 0.395. The number of Topliss-reactive ketones (excluding diaryl/α,β-unsaturated/α-hetero) is 1. The van der Waals surface area contributed by atoms with Crippen molar-refractivity contribution in [3.8, 4) is 5.75 Å². The molecule has 1 heterocycles. The van der Waals surface area contributed by atoms with Crippen LogP contribution in [-0.4, -0.2) is 37.3 Å². The number of nitrogens with zero attached hydrogens (tertiary/aromatic N) is 1. The van der Waals surface area contributed by atoms with E-state index >= 15 is 0 Å². The minimum atomic E-state index is -0.687. The largest absolute Gasteiger partial charge is 0.497 e. The molecule has 2 aromatic rings. The van der Waals surface area contributed by atoms with Crippen molar-refractivity contribution in [1.29, 1.82) is 0 Å². The van der Waals surface area contributed by atoms with Crippen molar-refractivity contribution in [2.75, 3.05) is 18.6 Å². The molecule has 4 atom stereocenters. The van der Waals surface area contributed by atoms with Crippen molar-refractivity contribution >= 4 is 29.3 Å². The molecule has 0 aromatic heterocycles. The standard InChI is InChI=1S/C25H23NO6/c1-31-19-9-7-14(8-10-19)20(27)13-32-25(30)17-3-2-4-18(12-17)26-23(28)21-15-5-6-16(11-15)22(21)24(26)29/h2-4,7-10,12,15-16,21-22H,5-6,11,13H2,1H3/t15-,16+,21-,22+. The second-order valence-corrected chi connectivity index (χ2v) is 8.67. The summed E-state index contributed by atoms with van der Waals surface area (Å²) >= 11 is 0. The normalized spacial score (nSPS) is 25.7. The lowest BCUT2D eigenvalue weighted by Gasteiger charge is -2.19. The van der Waals surface area contributed by atoms with Gasteiger partial charge < -0.3 is 9.47 Å². The van der Waals surface area contributed by atoms with E-state index in [-0.39, 0.29) is 35.0 Å². The number of esters is 1. The van der Waals surface area contributed by atoms with E-state index in [1.54, 1.807) is 42.5 Å². The minimum Gasteiger partial charge on any atom is -0.497 e. The smallest absolute Gasteiger partial charge is 0.338 e. The van der Waals surface area contributed by atoms with Crippen molar-refractivity contribution in [3.05, 3.63) is 59.7 Å². The Morgan fingerprint density at radius 3 is 2.22 bits per heavy atom. The van der Waals surface area contributed by atoms with Gasteiger partial charge in [0.1, 0.15) is 5.75 Å². The van der Waals surface area contributed by atoms with Crippen molar-refractivity contribution in [2.45, 2.75) is 19.3 Å². The maximum absolute atomic E-state index is 13.0. The van der Waals surface area contributed by atoms with E-state index < -0.39 is 12.6 Å². The van der Waals surface area contributed by atoms with Crippen LogP contribution in [0.25, 0.3) is 0 Å². The highest BCUT2D eigenvalue weighted by atomic mass is 16.5. The predicted molar refractivity (Wildman–Crippen MR) is 114 cm³/mol. The van der Waals surface area contributed by atoms with E-state index in [1.165, 1.54) is 18.1 Å². The number of methoxy groups -OCH3 is 1. The Labute approximate surface area is 185 Å². The SMILES string of the molecule is COc1ccc(C(=O)COC(=O)c2cccc(N3C(=O)[C@@H]4[C@@H]5CC[C@@H](C5)[C@@H]4C3=O)c2)cc1. The Kier molecular flexibility index (Phi) is 5.04. The number of amides is 2. The van der Waals surface area contributed by atoms with Crippen LogP contribution >= 0.6 is 0 Å². The van der Waals surface area contributed by atoms with Gasteiger partial charge in [-0.05, 0) is 73.6 Å². The van der Waals surface area contributed by atoms with Gasteiger partial charge in [0.2, 0.25) is 11.8 Å². The third-order valence-electron chi connectivity index (χ3n) is 7.01. The summed E-state index contributed by atoms with van der Waals surface area (Å²) < 4.78 is 10.2. The summed E-state index contributed by atoms with van der Waals surface area (Å²) in [5, 5.41) is 0. The molecular weight excluding hydrogens is 410 g/mol. The molecule has 164 valence electrons. The fourth-order valence-corrected chi connectivity index (χ4v) is 5.51. The summed E-state index contributed by atoms with van der Waals surface area (Å²) in [5.41, 5.74) is 0.970. The van der Waals surface area contributed by atoms with E-state index in [4.69, 9.17) is 9.47 Å². The molecule has 2 saturated carbocycles. The first kappa shape index (κ1) is 20.4. The first-order valence-electron chi connectivity index (χ1n) is 10.8. The number of ketones is 1. The van der Waals surface area contributed by atoms with Crippen LogP contribution in [0.2, 0.25) is 0 Å². The maximum atomic E-state index is 13.0. The van der Waals surface area contributed by atoms with Crippen LogP contribution in [0.15, 0.2) is 48.5 Å². The average Bonchev–Trinajstić information content (AvgIpc) is 3.51. The van der Waals surface area contributed by atoms with Gasteiger partial charge in [0, 0.05) is 5.56 Å². The van der Waals surface area contributed by atoms with Gasteiger partial charge in [-0.1, -0.05) is 6.07 Å². The zero-order valence-electron chi connectivity index (χ0n) is 17.7. The van der Waals surface area contributed by atoms with Gasteiger partial charge in [0.15, 0.2) is 12.4 Å². The molecule has 1 aliphatic heterocycles. The van der Waals surface area contributed by atoms with Gasteiger partial charge in [-0.3, -0.25) is 19.3 Å². The summed E-state index contributed by atoms with van der Waals surface area (Å²) in [4.78, 5) is 52.1. The van der Waals surface area contributed by atoms with Crippen LogP contribution in [0.1, 0.15) is 40.0 Å². The minimum absolute atomic E-state index is 0.160. The van der Waals surface area contributed by atoms with Crippen molar-refractivity contribution in [3.63, 3.8) is 0 Å². The number of hydrogen-bond acceptors (Lipinski definition) is 6. The Bertz CT molecular complexity index is 1080. The zero-order valence-corrected chi connectivity index (χ0v) is 17.7. The molecule has 3 aliphatic rings. The van der Waals surface area contributed by atoms with E-state index in [9.17, 15) is 19.2 Å². The van der Waals surface area contributed by atoms with Crippen LogP contribution in [-0.2, 0) is 14.3 Å². The Balaban J connectivity index is 1.28. The molecule has 1 saturated heterocycles. The van der Waals surface area contributed by atoms with Crippen molar-refractivity contribution < 1.29 is 28.7 Å². The third kappa shape index (κ3) is 3.28. The molecule has 32 heavy (non-hydrogen) atoms.